The van der Waals surface area contributed by atoms with Gasteiger partial charge in [0.05, 0.1) is 12.1 Å². The maximum atomic E-state index is 12.5. The number of amides is 1. The number of benzene rings is 1. The predicted octanol–water partition coefficient (Wildman–Crippen LogP) is 3.15. The number of hydrogen-bond donors (Lipinski definition) is 0. The van der Waals surface area contributed by atoms with Crippen molar-refractivity contribution in [2.45, 2.75) is 32.0 Å². The quantitative estimate of drug-likeness (QED) is 0.852. The Hall–Kier alpha value is -1.56. The van der Waals surface area contributed by atoms with Crippen molar-refractivity contribution in [2.24, 2.45) is 0 Å². The number of rotatable bonds is 4. The molecule has 1 fully saturated rings. The van der Waals surface area contributed by atoms with Crippen LogP contribution in [0.25, 0.3) is 0 Å². The van der Waals surface area contributed by atoms with Crippen LogP contribution in [0, 0.1) is 0 Å². The predicted molar refractivity (Wildman–Crippen MR) is 78.2 cm³/mol. The van der Waals surface area contributed by atoms with Crippen molar-refractivity contribution in [1.82, 2.24) is 9.80 Å². The van der Waals surface area contributed by atoms with Crippen LogP contribution in [0.15, 0.2) is 24.3 Å². The van der Waals surface area contributed by atoms with Gasteiger partial charge in [0.25, 0.3) is 0 Å². The molecule has 0 bridgehead atoms. The molecule has 22 heavy (non-hydrogen) atoms. The van der Waals surface area contributed by atoms with E-state index in [4.69, 9.17) is 0 Å². The summed E-state index contributed by atoms with van der Waals surface area (Å²) in [5.41, 5.74) is 0.0287. The van der Waals surface area contributed by atoms with Gasteiger partial charge in [-0.3, -0.25) is 9.69 Å². The molecule has 1 amide bonds. The van der Waals surface area contributed by atoms with Crippen LogP contribution >= 0.6 is 0 Å². The highest BCUT2D eigenvalue weighted by Crippen LogP contribution is 2.29. The number of piperidine rings is 1. The summed E-state index contributed by atoms with van der Waals surface area (Å²) in [5, 5.41) is 0. The van der Waals surface area contributed by atoms with E-state index in [1.54, 1.807) is 11.9 Å². The zero-order chi connectivity index (χ0) is 16.2. The lowest BCUT2D eigenvalue weighted by molar-refractivity contribution is -0.137. The Morgan fingerprint density at radius 1 is 1.14 bits per heavy atom. The summed E-state index contributed by atoms with van der Waals surface area (Å²) in [4.78, 5) is 15.8. The second-order valence-electron chi connectivity index (χ2n) is 5.78. The summed E-state index contributed by atoms with van der Waals surface area (Å²) in [6.07, 6.45) is -0.869. The fourth-order valence-electron chi connectivity index (χ4n) is 2.59. The van der Waals surface area contributed by atoms with Gasteiger partial charge in [0.15, 0.2) is 0 Å². The average Bonchev–Trinajstić information content (AvgIpc) is 2.48. The van der Waals surface area contributed by atoms with Gasteiger partial charge < -0.3 is 4.90 Å². The zero-order valence-corrected chi connectivity index (χ0v) is 12.7. The molecule has 0 radical (unpaired) electrons. The highest BCUT2D eigenvalue weighted by molar-refractivity contribution is 5.78. The minimum atomic E-state index is -4.32. The Bertz CT molecular complexity index is 493. The minimum absolute atomic E-state index is 0.00166. The van der Waals surface area contributed by atoms with Crippen LogP contribution < -0.4 is 0 Å². The molecule has 0 aromatic heterocycles. The van der Waals surface area contributed by atoms with Gasteiger partial charge in [0.1, 0.15) is 0 Å². The highest BCUT2D eigenvalue weighted by atomic mass is 19.4. The van der Waals surface area contributed by atoms with Gasteiger partial charge in [-0.05, 0) is 43.6 Å². The van der Waals surface area contributed by atoms with E-state index in [9.17, 15) is 18.0 Å². The Morgan fingerprint density at radius 2 is 1.73 bits per heavy atom. The number of nitrogens with zero attached hydrogens (tertiary/aromatic N) is 2. The Morgan fingerprint density at radius 3 is 2.27 bits per heavy atom. The van der Waals surface area contributed by atoms with Crippen LogP contribution in [0.1, 0.15) is 30.4 Å². The molecule has 1 aromatic rings. The van der Waals surface area contributed by atoms with Gasteiger partial charge in [-0.25, -0.2) is 0 Å². The molecule has 1 heterocycles. The Balaban J connectivity index is 1.87. The number of likely N-dealkylation sites (tertiary alicyclic amines) is 1. The molecule has 0 atom stereocenters. The highest BCUT2D eigenvalue weighted by Gasteiger charge is 2.30. The van der Waals surface area contributed by atoms with Crippen molar-refractivity contribution in [1.29, 1.82) is 0 Å². The third kappa shape index (κ3) is 4.73. The molecular weight excluding hydrogens is 293 g/mol. The van der Waals surface area contributed by atoms with Crippen molar-refractivity contribution < 1.29 is 18.0 Å². The number of likely N-dealkylation sites (N-methyl/N-ethyl adjacent to an activating group) is 1. The molecule has 6 heteroatoms. The summed E-state index contributed by atoms with van der Waals surface area (Å²) < 4.78 is 37.5. The van der Waals surface area contributed by atoms with Crippen molar-refractivity contribution in [3.05, 3.63) is 35.4 Å². The summed E-state index contributed by atoms with van der Waals surface area (Å²) in [6.45, 7) is 2.60. The smallest absolute Gasteiger partial charge is 0.340 e. The molecule has 0 N–H and O–H groups in total. The van der Waals surface area contributed by atoms with Gasteiger partial charge in [-0.1, -0.05) is 18.6 Å². The molecule has 0 saturated carbocycles. The van der Waals surface area contributed by atoms with Gasteiger partial charge in [0.2, 0.25) is 5.91 Å². The maximum Gasteiger partial charge on any atom is 0.416 e. The van der Waals surface area contributed by atoms with E-state index >= 15 is 0 Å². The topological polar surface area (TPSA) is 23.6 Å². The fourth-order valence-corrected chi connectivity index (χ4v) is 2.59. The number of carbonyl (C=O) groups is 1. The molecule has 2 rings (SSSR count). The molecule has 122 valence electrons. The van der Waals surface area contributed by atoms with Crippen LogP contribution in [0.5, 0.6) is 0 Å². The van der Waals surface area contributed by atoms with Gasteiger partial charge >= 0.3 is 6.18 Å². The van der Waals surface area contributed by atoms with Gasteiger partial charge in [-0.2, -0.15) is 13.2 Å². The summed E-state index contributed by atoms with van der Waals surface area (Å²) >= 11 is 0. The molecule has 0 aliphatic carbocycles. The molecule has 3 nitrogen and oxygen atoms in total. The number of alkyl halides is 3. The first-order chi connectivity index (χ1) is 10.4. The second-order valence-corrected chi connectivity index (χ2v) is 5.78. The number of halogens is 3. The van der Waals surface area contributed by atoms with Crippen LogP contribution in [-0.4, -0.2) is 42.4 Å². The van der Waals surface area contributed by atoms with Crippen LogP contribution in [0.4, 0.5) is 13.2 Å². The van der Waals surface area contributed by atoms with Crippen molar-refractivity contribution in [2.75, 3.05) is 26.7 Å². The van der Waals surface area contributed by atoms with E-state index in [0.29, 0.717) is 18.7 Å². The normalized spacial score (nSPS) is 16.5. The summed E-state index contributed by atoms with van der Waals surface area (Å²) in [7, 11) is 1.68. The van der Waals surface area contributed by atoms with E-state index in [1.807, 2.05) is 0 Å². The van der Waals surface area contributed by atoms with Crippen molar-refractivity contribution in [3.63, 3.8) is 0 Å². The van der Waals surface area contributed by atoms with E-state index in [2.05, 4.69) is 4.90 Å². The van der Waals surface area contributed by atoms with Crippen molar-refractivity contribution >= 4 is 5.91 Å². The lowest BCUT2D eigenvalue weighted by Crippen LogP contribution is -2.40. The van der Waals surface area contributed by atoms with E-state index in [1.165, 1.54) is 18.6 Å². The first-order valence-corrected chi connectivity index (χ1v) is 7.49. The number of hydrogen-bond acceptors (Lipinski definition) is 2. The lowest BCUT2D eigenvalue weighted by atomic mass is 10.1. The van der Waals surface area contributed by atoms with E-state index in [0.717, 1.165) is 38.1 Å². The third-order valence-electron chi connectivity index (χ3n) is 3.93. The minimum Gasteiger partial charge on any atom is -0.340 e. The third-order valence-corrected chi connectivity index (χ3v) is 3.93. The van der Waals surface area contributed by atoms with Crippen LogP contribution in [-0.2, 0) is 17.5 Å². The first kappa shape index (κ1) is 16.8. The largest absolute Gasteiger partial charge is 0.416 e. The molecular formula is C16H21F3N2O. The SMILES string of the molecule is CN(Cc1ccc(C(F)(F)F)cc1)C(=O)CN1CCCCC1. The van der Waals surface area contributed by atoms with Crippen LogP contribution in [0.3, 0.4) is 0 Å². The standard InChI is InChI=1S/C16H21F3N2O/c1-20(15(22)12-21-9-3-2-4-10-21)11-13-5-7-14(8-6-13)16(17,18)19/h5-8H,2-4,9-12H2,1H3. The molecule has 1 aromatic carbocycles. The van der Waals surface area contributed by atoms with Gasteiger partial charge in [0, 0.05) is 13.6 Å². The molecule has 0 unspecified atom stereocenters. The fraction of sp³-hybridized carbons (Fsp3) is 0.562. The van der Waals surface area contributed by atoms with Crippen molar-refractivity contribution in [3.8, 4) is 0 Å². The average molecular weight is 314 g/mol. The summed E-state index contributed by atoms with van der Waals surface area (Å²) in [5.74, 6) is 0.00166. The summed E-state index contributed by atoms with van der Waals surface area (Å²) in [6, 6.07) is 4.96. The molecule has 1 aliphatic heterocycles. The van der Waals surface area contributed by atoms with E-state index < -0.39 is 11.7 Å². The molecule has 1 aliphatic rings. The molecule has 1 saturated heterocycles. The first-order valence-electron chi connectivity index (χ1n) is 7.49. The zero-order valence-electron chi connectivity index (χ0n) is 12.7. The second kappa shape index (κ2) is 7.13. The van der Waals surface area contributed by atoms with Gasteiger partial charge in [-0.15, -0.1) is 0 Å². The van der Waals surface area contributed by atoms with E-state index in [-0.39, 0.29) is 5.91 Å². The maximum absolute atomic E-state index is 12.5. The monoisotopic (exact) mass is 314 g/mol. The Labute approximate surface area is 128 Å². The molecule has 0 spiro atoms. The number of carbonyl (C=O) groups excluding carboxylic acids is 1. The van der Waals surface area contributed by atoms with Crippen LogP contribution in [0.2, 0.25) is 0 Å². The lowest BCUT2D eigenvalue weighted by Gasteiger charge is -2.28. The Kier molecular flexibility index (Phi) is 5.45.